The number of benzene rings is 1. The molecule has 0 amide bonds. The van der Waals surface area contributed by atoms with Crippen LogP contribution in [0.3, 0.4) is 0 Å². The Kier molecular flexibility index (Phi) is 2.38. The van der Waals surface area contributed by atoms with Crippen LogP contribution in [0, 0.1) is 20.8 Å². The van der Waals surface area contributed by atoms with Crippen LogP contribution in [0.1, 0.15) is 16.8 Å². The van der Waals surface area contributed by atoms with Crippen molar-refractivity contribution < 1.29 is 0 Å². The largest absolute Gasteiger partial charge is 0.241 e. The van der Waals surface area contributed by atoms with Gasteiger partial charge in [0.1, 0.15) is 5.01 Å². The molecule has 2 aromatic rings. The Morgan fingerprint density at radius 2 is 1.86 bits per heavy atom. The van der Waals surface area contributed by atoms with Gasteiger partial charge in [-0.05, 0) is 38.0 Å². The molecule has 14 heavy (non-hydrogen) atoms. The van der Waals surface area contributed by atoms with Gasteiger partial charge in [0, 0.05) is 16.6 Å². The summed E-state index contributed by atoms with van der Waals surface area (Å²) in [5.74, 6) is 0. The molecule has 0 saturated heterocycles. The molecule has 0 aliphatic heterocycles. The van der Waals surface area contributed by atoms with Gasteiger partial charge in [0.2, 0.25) is 0 Å². The molecule has 0 aliphatic carbocycles. The Labute approximate surface area is 88.4 Å². The minimum atomic E-state index is 1.10. The van der Waals surface area contributed by atoms with Crippen molar-refractivity contribution in [3.8, 4) is 10.6 Å². The van der Waals surface area contributed by atoms with E-state index in [0.29, 0.717) is 0 Å². The summed E-state index contributed by atoms with van der Waals surface area (Å²) in [5, 5.41) is 3.20. The number of rotatable bonds is 1. The second-order valence-electron chi connectivity index (χ2n) is 3.59. The maximum absolute atomic E-state index is 4.47. The third-order valence-corrected chi connectivity index (χ3v) is 3.38. The molecule has 1 aromatic heterocycles. The van der Waals surface area contributed by atoms with Crippen molar-refractivity contribution in [2.75, 3.05) is 0 Å². The normalized spacial score (nSPS) is 10.5. The van der Waals surface area contributed by atoms with Crippen LogP contribution in [0.2, 0.25) is 0 Å². The smallest absolute Gasteiger partial charge is 0.123 e. The molecule has 0 fully saturated rings. The fourth-order valence-electron chi connectivity index (χ4n) is 1.36. The predicted molar refractivity (Wildman–Crippen MR) is 61.8 cm³/mol. The van der Waals surface area contributed by atoms with Crippen molar-refractivity contribution in [3.63, 3.8) is 0 Å². The van der Waals surface area contributed by atoms with Crippen molar-refractivity contribution in [2.24, 2.45) is 0 Å². The lowest BCUT2D eigenvalue weighted by molar-refractivity contribution is 1.26. The SMILES string of the molecule is Cc1csc(-c2ccc(C)c(C)c2)n1. The fraction of sp³-hybridized carbons (Fsp3) is 0.250. The van der Waals surface area contributed by atoms with Crippen LogP contribution < -0.4 is 0 Å². The van der Waals surface area contributed by atoms with Crippen molar-refractivity contribution in [3.05, 3.63) is 40.4 Å². The Morgan fingerprint density at radius 1 is 1.07 bits per heavy atom. The predicted octanol–water partition coefficient (Wildman–Crippen LogP) is 3.74. The highest BCUT2D eigenvalue weighted by atomic mass is 32.1. The lowest BCUT2D eigenvalue weighted by atomic mass is 10.1. The second kappa shape index (κ2) is 3.54. The monoisotopic (exact) mass is 203 g/mol. The second-order valence-corrected chi connectivity index (χ2v) is 4.45. The molecule has 0 atom stereocenters. The molecule has 0 unspecified atom stereocenters. The van der Waals surface area contributed by atoms with Crippen LogP contribution in [0.4, 0.5) is 0 Å². The number of nitrogens with zero attached hydrogens (tertiary/aromatic N) is 1. The first-order chi connectivity index (χ1) is 6.66. The molecule has 0 saturated carbocycles. The van der Waals surface area contributed by atoms with E-state index in [4.69, 9.17) is 0 Å². The summed E-state index contributed by atoms with van der Waals surface area (Å²) in [6.07, 6.45) is 0. The first-order valence-electron chi connectivity index (χ1n) is 4.66. The molecule has 0 spiro atoms. The highest BCUT2D eigenvalue weighted by molar-refractivity contribution is 7.13. The quantitative estimate of drug-likeness (QED) is 0.688. The van der Waals surface area contributed by atoms with Crippen LogP contribution in [0.15, 0.2) is 23.6 Å². The Bertz CT molecular complexity index is 457. The third kappa shape index (κ3) is 1.70. The van der Waals surface area contributed by atoms with E-state index in [2.05, 4.69) is 42.4 Å². The van der Waals surface area contributed by atoms with Gasteiger partial charge in [0.25, 0.3) is 0 Å². The molecule has 1 nitrogen and oxygen atoms in total. The summed E-state index contributed by atoms with van der Waals surface area (Å²) in [6.45, 7) is 6.30. The first-order valence-corrected chi connectivity index (χ1v) is 5.54. The van der Waals surface area contributed by atoms with E-state index < -0.39 is 0 Å². The van der Waals surface area contributed by atoms with Crippen molar-refractivity contribution in [1.29, 1.82) is 0 Å². The molecule has 0 radical (unpaired) electrons. The van der Waals surface area contributed by atoms with Crippen LogP contribution in [-0.4, -0.2) is 4.98 Å². The number of aromatic nitrogens is 1. The standard InChI is InChI=1S/C12H13NS/c1-8-4-5-11(6-9(8)2)12-13-10(3)7-14-12/h4-7H,1-3H3. The van der Waals surface area contributed by atoms with E-state index >= 15 is 0 Å². The number of hydrogen-bond acceptors (Lipinski definition) is 2. The molecule has 2 rings (SSSR count). The van der Waals surface area contributed by atoms with Gasteiger partial charge in [-0.3, -0.25) is 0 Å². The third-order valence-electron chi connectivity index (χ3n) is 2.37. The van der Waals surface area contributed by atoms with Gasteiger partial charge >= 0.3 is 0 Å². The lowest BCUT2D eigenvalue weighted by Crippen LogP contribution is -1.82. The molecule has 1 aromatic carbocycles. The highest BCUT2D eigenvalue weighted by Crippen LogP contribution is 2.25. The van der Waals surface area contributed by atoms with Gasteiger partial charge < -0.3 is 0 Å². The van der Waals surface area contributed by atoms with E-state index in [1.165, 1.54) is 16.7 Å². The van der Waals surface area contributed by atoms with Crippen molar-refractivity contribution in [1.82, 2.24) is 4.98 Å². The van der Waals surface area contributed by atoms with E-state index in [1.54, 1.807) is 11.3 Å². The van der Waals surface area contributed by atoms with Gasteiger partial charge in [-0.1, -0.05) is 12.1 Å². The van der Waals surface area contributed by atoms with Crippen LogP contribution in [0.25, 0.3) is 10.6 Å². The zero-order valence-corrected chi connectivity index (χ0v) is 9.48. The van der Waals surface area contributed by atoms with E-state index in [-0.39, 0.29) is 0 Å². The summed E-state index contributed by atoms with van der Waals surface area (Å²) in [7, 11) is 0. The van der Waals surface area contributed by atoms with Gasteiger partial charge in [-0.15, -0.1) is 11.3 Å². The van der Waals surface area contributed by atoms with E-state index in [0.717, 1.165) is 10.7 Å². The van der Waals surface area contributed by atoms with Crippen LogP contribution >= 0.6 is 11.3 Å². The number of aryl methyl sites for hydroxylation is 3. The maximum atomic E-state index is 4.47. The molecule has 1 heterocycles. The van der Waals surface area contributed by atoms with Crippen LogP contribution in [0.5, 0.6) is 0 Å². The molecule has 0 aliphatic rings. The molecule has 72 valence electrons. The minimum absolute atomic E-state index is 1.10. The topological polar surface area (TPSA) is 12.9 Å². The summed E-state index contributed by atoms with van der Waals surface area (Å²) in [4.78, 5) is 4.47. The Morgan fingerprint density at radius 3 is 2.43 bits per heavy atom. The zero-order chi connectivity index (χ0) is 10.1. The molecule has 0 bridgehead atoms. The Balaban J connectivity index is 2.47. The summed E-state index contributed by atoms with van der Waals surface area (Å²) >= 11 is 1.71. The van der Waals surface area contributed by atoms with Crippen molar-refractivity contribution >= 4 is 11.3 Å². The van der Waals surface area contributed by atoms with E-state index in [1.807, 2.05) is 6.92 Å². The lowest BCUT2D eigenvalue weighted by Gasteiger charge is -2.01. The summed E-state index contributed by atoms with van der Waals surface area (Å²) in [5.41, 5.74) is 4.99. The first kappa shape index (κ1) is 9.41. The highest BCUT2D eigenvalue weighted by Gasteiger charge is 2.03. The summed E-state index contributed by atoms with van der Waals surface area (Å²) in [6, 6.07) is 6.50. The fourth-order valence-corrected chi connectivity index (χ4v) is 2.16. The minimum Gasteiger partial charge on any atom is -0.241 e. The van der Waals surface area contributed by atoms with Gasteiger partial charge in [-0.25, -0.2) is 4.98 Å². The van der Waals surface area contributed by atoms with Gasteiger partial charge in [-0.2, -0.15) is 0 Å². The molecular weight excluding hydrogens is 190 g/mol. The Hall–Kier alpha value is -1.15. The zero-order valence-electron chi connectivity index (χ0n) is 8.66. The van der Waals surface area contributed by atoms with Crippen LogP contribution in [-0.2, 0) is 0 Å². The molecular formula is C12H13NS. The maximum Gasteiger partial charge on any atom is 0.123 e. The summed E-state index contributed by atoms with van der Waals surface area (Å²) < 4.78 is 0. The molecule has 0 N–H and O–H groups in total. The average molecular weight is 203 g/mol. The van der Waals surface area contributed by atoms with Gasteiger partial charge in [0.05, 0.1) is 0 Å². The average Bonchev–Trinajstić information content (AvgIpc) is 2.57. The number of hydrogen-bond donors (Lipinski definition) is 0. The van der Waals surface area contributed by atoms with E-state index in [9.17, 15) is 0 Å². The van der Waals surface area contributed by atoms with Crippen molar-refractivity contribution in [2.45, 2.75) is 20.8 Å². The number of thiazole rings is 1. The van der Waals surface area contributed by atoms with Gasteiger partial charge in [0.15, 0.2) is 0 Å². The molecule has 2 heteroatoms.